The number of Topliss-reactive ketones (excluding diaryl/α,β-unsaturated/α-hetero) is 1. The van der Waals surface area contributed by atoms with Crippen LogP contribution in [0.25, 0.3) is 0 Å². The van der Waals surface area contributed by atoms with E-state index in [0.29, 0.717) is 13.2 Å². The largest absolute Gasteiger partial charge is 0.454 e. The van der Waals surface area contributed by atoms with E-state index in [1.165, 1.54) is 5.56 Å². The van der Waals surface area contributed by atoms with Crippen molar-refractivity contribution in [2.75, 3.05) is 6.79 Å². The molecule has 0 saturated carbocycles. The van der Waals surface area contributed by atoms with E-state index in [0.717, 1.165) is 34.1 Å². The minimum atomic E-state index is 0.217. The van der Waals surface area contributed by atoms with Gasteiger partial charge in [0.15, 0.2) is 17.3 Å². The molecule has 0 bridgehead atoms. The normalized spacial score (nSPS) is 12.4. The fourth-order valence-electron chi connectivity index (χ4n) is 2.31. The molecule has 0 saturated heterocycles. The molecule has 0 aromatic heterocycles. The molecule has 114 valence electrons. The predicted molar refractivity (Wildman–Crippen MR) is 87.8 cm³/mol. The van der Waals surface area contributed by atoms with Gasteiger partial charge in [0.2, 0.25) is 6.79 Å². The smallest absolute Gasteiger partial charge is 0.231 e. The number of ether oxygens (including phenoxy) is 2. The van der Waals surface area contributed by atoms with Crippen LogP contribution in [-0.2, 0) is 5.75 Å². The van der Waals surface area contributed by atoms with Crippen LogP contribution in [-0.4, -0.2) is 12.6 Å². The molecule has 0 N–H and O–H groups in total. The minimum Gasteiger partial charge on any atom is -0.454 e. The summed E-state index contributed by atoms with van der Waals surface area (Å²) in [6.45, 7) is 2.33. The molecule has 3 nitrogen and oxygen atoms in total. The summed E-state index contributed by atoms with van der Waals surface area (Å²) in [5.74, 6) is 2.71. The van der Waals surface area contributed by atoms with Crippen LogP contribution in [0, 0.1) is 0 Å². The van der Waals surface area contributed by atoms with Crippen LogP contribution in [0.2, 0.25) is 0 Å². The predicted octanol–water partition coefficient (Wildman–Crippen LogP) is 4.69. The quantitative estimate of drug-likeness (QED) is 0.572. The van der Waals surface area contributed by atoms with Crippen molar-refractivity contribution in [1.82, 2.24) is 0 Å². The lowest BCUT2D eigenvalue weighted by Gasteiger charge is -2.05. The van der Waals surface area contributed by atoms with Crippen LogP contribution in [0.4, 0.5) is 0 Å². The van der Waals surface area contributed by atoms with Gasteiger partial charge in [-0.15, -0.1) is 11.8 Å². The van der Waals surface area contributed by atoms with Gasteiger partial charge < -0.3 is 9.47 Å². The summed E-state index contributed by atoms with van der Waals surface area (Å²) in [6, 6.07) is 13.9. The van der Waals surface area contributed by atoms with Crippen molar-refractivity contribution in [2.24, 2.45) is 0 Å². The van der Waals surface area contributed by atoms with E-state index in [1.807, 2.05) is 43.3 Å². The summed E-state index contributed by atoms with van der Waals surface area (Å²) in [5, 5.41) is 0. The molecule has 0 aliphatic carbocycles. The van der Waals surface area contributed by atoms with Gasteiger partial charge in [-0.1, -0.05) is 25.1 Å². The highest BCUT2D eigenvalue weighted by atomic mass is 32.2. The van der Waals surface area contributed by atoms with Crippen LogP contribution >= 0.6 is 11.8 Å². The zero-order chi connectivity index (χ0) is 15.4. The highest BCUT2D eigenvalue weighted by molar-refractivity contribution is 7.98. The molecular weight excluding hydrogens is 296 g/mol. The van der Waals surface area contributed by atoms with E-state index in [1.54, 1.807) is 11.8 Å². The molecule has 3 rings (SSSR count). The Labute approximate surface area is 134 Å². The van der Waals surface area contributed by atoms with Gasteiger partial charge >= 0.3 is 0 Å². The Kier molecular flexibility index (Phi) is 4.68. The first kappa shape index (κ1) is 15.0. The highest BCUT2D eigenvalue weighted by Gasteiger charge is 2.13. The Hall–Kier alpha value is -1.94. The van der Waals surface area contributed by atoms with Crippen LogP contribution in [0.3, 0.4) is 0 Å². The van der Waals surface area contributed by atoms with E-state index < -0.39 is 0 Å². The van der Waals surface area contributed by atoms with Crippen molar-refractivity contribution in [3.63, 3.8) is 0 Å². The van der Waals surface area contributed by atoms with Crippen LogP contribution < -0.4 is 9.47 Å². The zero-order valence-electron chi connectivity index (χ0n) is 12.5. The second kappa shape index (κ2) is 6.88. The van der Waals surface area contributed by atoms with Crippen LogP contribution in [0.5, 0.6) is 11.5 Å². The molecule has 2 aromatic rings. The third-order valence-corrected chi connectivity index (χ3v) is 4.58. The second-order valence-corrected chi connectivity index (χ2v) is 6.22. The summed E-state index contributed by atoms with van der Waals surface area (Å²) in [5.41, 5.74) is 2.00. The standard InChI is InChI=1S/C18H18O3S/c1-2-3-16(19)14-5-7-15(8-6-14)22-11-13-4-9-17-18(10-13)21-12-20-17/h4-10H,2-3,11-12H2,1H3. The van der Waals surface area contributed by atoms with Crippen LogP contribution in [0.15, 0.2) is 47.4 Å². The fourth-order valence-corrected chi connectivity index (χ4v) is 3.15. The van der Waals surface area contributed by atoms with Gasteiger partial charge in [-0.3, -0.25) is 4.79 Å². The molecule has 2 aromatic carbocycles. The van der Waals surface area contributed by atoms with Gasteiger partial charge in [-0.25, -0.2) is 0 Å². The summed E-state index contributed by atoms with van der Waals surface area (Å²) >= 11 is 1.75. The molecule has 1 aliphatic rings. The SMILES string of the molecule is CCCC(=O)c1ccc(SCc2ccc3c(c2)OCO3)cc1. The Morgan fingerprint density at radius 2 is 1.86 bits per heavy atom. The Morgan fingerprint density at radius 1 is 1.09 bits per heavy atom. The second-order valence-electron chi connectivity index (χ2n) is 5.17. The fraction of sp³-hybridized carbons (Fsp3) is 0.278. The molecule has 0 unspecified atom stereocenters. The number of thioether (sulfide) groups is 1. The number of carbonyl (C=O) groups is 1. The van der Waals surface area contributed by atoms with E-state index in [-0.39, 0.29) is 5.78 Å². The highest BCUT2D eigenvalue weighted by Crippen LogP contribution is 2.34. The molecule has 22 heavy (non-hydrogen) atoms. The van der Waals surface area contributed by atoms with Crippen molar-refractivity contribution in [1.29, 1.82) is 0 Å². The lowest BCUT2D eigenvalue weighted by atomic mass is 10.1. The van der Waals surface area contributed by atoms with E-state index >= 15 is 0 Å². The zero-order valence-corrected chi connectivity index (χ0v) is 13.3. The summed E-state index contributed by atoms with van der Waals surface area (Å²) in [6.07, 6.45) is 1.50. The van der Waals surface area contributed by atoms with Gasteiger partial charge in [-0.2, -0.15) is 0 Å². The molecule has 0 amide bonds. The first-order valence-electron chi connectivity index (χ1n) is 7.41. The topological polar surface area (TPSA) is 35.5 Å². The number of ketones is 1. The Bertz CT molecular complexity index is 665. The van der Waals surface area contributed by atoms with E-state index in [4.69, 9.17) is 9.47 Å². The molecule has 0 radical (unpaired) electrons. The third kappa shape index (κ3) is 3.45. The number of benzene rings is 2. The van der Waals surface area contributed by atoms with Gasteiger partial charge in [0, 0.05) is 22.6 Å². The number of carbonyl (C=O) groups excluding carboxylic acids is 1. The van der Waals surface area contributed by atoms with Crippen molar-refractivity contribution in [2.45, 2.75) is 30.4 Å². The molecule has 1 heterocycles. The van der Waals surface area contributed by atoms with Gasteiger partial charge in [0.05, 0.1) is 0 Å². The number of fused-ring (bicyclic) bond motifs is 1. The molecular formula is C18H18O3S. The Morgan fingerprint density at radius 3 is 2.64 bits per heavy atom. The molecule has 0 fully saturated rings. The van der Waals surface area contributed by atoms with Gasteiger partial charge in [0.1, 0.15) is 0 Å². The maximum absolute atomic E-state index is 11.8. The lowest BCUT2D eigenvalue weighted by molar-refractivity contribution is 0.0981. The Balaban J connectivity index is 1.60. The molecule has 4 heteroatoms. The number of hydrogen-bond acceptors (Lipinski definition) is 4. The van der Waals surface area contributed by atoms with Crippen molar-refractivity contribution >= 4 is 17.5 Å². The third-order valence-electron chi connectivity index (χ3n) is 3.50. The minimum absolute atomic E-state index is 0.217. The van der Waals surface area contributed by atoms with Crippen molar-refractivity contribution < 1.29 is 14.3 Å². The maximum atomic E-state index is 11.8. The lowest BCUT2D eigenvalue weighted by Crippen LogP contribution is -1.97. The number of rotatable bonds is 6. The van der Waals surface area contributed by atoms with Gasteiger partial charge in [0.25, 0.3) is 0 Å². The first-order valence-corrected chi connectivity index (χ1v) is 8.39. The summed E-state index contributed by atoms with van der Waals surface area (Å²) in [7, 11) is 0. The molecule has 0 atom stereocenters. The maximum Gasteiger partial charge on any atom is 0.231 e. The monoisotopic (exact) mass is 314 g/mol. The van der Waals surface area contributed by atoms with Crippen LogP contribution in [0.1, 0.15) is 35.7 Å². The van der Waals surface area contributed by atoms with Gasteiger partial charge in [-0.05, 0) is 36.2 Å². The number of hydrogen-bond donors (Lipinski definition) is 0. The summed E-state index contributed by atoms with van der Waals surface area (Å²) in [4.78, 5) is 13.0. The van der Waals surface area contributed by atoms with Crippen molar-refractivity contribution in [3.05, 3.63) is 53.6 Å². The van der Waals surface area contributed by atoms with E-state index in [2.05, 4.69) is 6.07 Å². The average Bonchev–Trinajstić information content (AvgIpc) is 3.01. The first-order chi connectivity index (χ1) is 10.8. The molecule has 1 aliphatic heterocycles. The summed E-state index contributed by atoms with van der Waals surface area (Å²) < 4.78 is 10.7. The average molecular weight is 314 g/mol. The van der Waals surface area contributed by atoms with Crippen molar-refractivity contribution in [3.8, 4) is 11.5 Å². The van der Waals surface area contributed by atoms with E-state index in [9.17, 15) is 4.79 Å². The molecule has 0 spiro atoms.